The van der Waals surface area contributed by atoms with Gasteiger partial charge in [0.15, 0.2) is 0 Å². The molecule has 1 rings (SSSR count). The van der Waals surface area contributed by atoms with E-state index in [0.717, 1.165) is 63.3 Å². The smallest absolute Gasteiger partial charge is 0.109 e. The minimum absolute atomic E-state index is 0.590. The zero-order valence-electron chi connectivity index (χ0n) is 20.3. The minimum Gasteiger partial charge on any atom is -0.494 e. The third-order valence-corrected chi connectivity index (χ3v) is 4.76. The lowest BCUT2D eigenvalue weighted by molar-refractivity contribution is 0.202. The molecule has 0 spiro atoms. The molecule has 1 atom stereocenters. The van der Waals surface area contributed by atoms with Crippen LogP contribution in [0.2, 0.25) is 0 Å². The van der Waals surface area contributed by atoms with Crippen molar-refractivity contribution < 1.29 is 4.74 Å². The molecule has 1 aliphatic rings. The number of nitrogens with one attached hydrogen (secondary N) is 1. The standard InChI is InChI=1S/C22H39N3O.C3H8/c1-7-20(3)25(6)17-19(2)23-15-10-12-22-14-13-21(18-26-22)11-8-9-16-24(4)5;1-3-2/h9,11-12,16,20,23H,2,7-8,10,13-15,17-18H2,1,3-6H3;3H2,1-2H3/b16-9+,21-11+,22-12+;/t20-;/m0./s1. The minimum atomic E-state index is 0.590. The summed E-state index contributed by atoms with van der Waals surface area (Å²) in [7, 11) is 6.23. The van der Waals surface area contributed by atoms with E-state index in [-0.39, 0.29) is 0 Å². The largest absolute Gasteiger partial charge is 0.494 e. The number of allylic oxidation sites excluding steroid dienone is 3. The summed E-state index contributed by atoms with van der Waals surface area (Å²) in [5.41, 5.74) is 2.50. The monoisotopic (exact) mass is 405 g/mol. The zero-order chi connectivity index (χ0) is 22.1. The lowest BCUT2D eigenvalue weighted by Gasteiger charge is -2.24. The van der Waals surface area contributed by atoms with E-state index in [4.69, 9.17) is 4.74 Å². The van der Waals surface area contributed by atoms with Gasteiger partial charge in [-0.25, -0.2) is 0 Å². The van der Waals surface area contributed by atoms with Crippen LogP contribution in [0.5, 0.6) is 0 Å². The fraction of sp³-hybridized carbons (Fsp3) is 0.680. The number of rotatable bonds is 11. The van der Waals surface area contributed by atoms with Crippen molar-refractivity contribution in [3.05, 3.63) is 48.0 Å². The average molecular weight is 406 g/mol. The predicted octanol–water partition coefficient (Wildman–Crippen LogP) is 5.71. The summed E-state index contributed by atoms with van der Waals surface area (Å²) in [6.07, 6.45) is 15.3. The Morgan fingerprint density at radius 2 is 1.86 bits per heavy atom. The van der Waals surface area contributed by atoms with Crippen LogP contribution in [0.1, 0.15) is 66.2 Å². The molecule has 4 nitrogen and oxygen atoms in total. The molecule has 1 aliphatic heterocycles. The summed E-state index contributed by atoms with van der Waals surface area (Å²) in [5, 5.41) is 3.43. The first-order valence-corrected chi connectivity index (χ1v) is 11.3. The summed E-state index contributed by atoms with van der Waals surface area (Å²) in [6.45, 7) is 15.4. The Hall–Kier alpha value is -1.68. The van der Waals surface area contributed by atoms with Crippen LogP contribution < -0.4 is 5.32 Å². The SMILES string of the molecule is C=C(CN(C)[C@@H](C)CC)NCC/C=C1\CC/C(=C\C/C=C/N(C)C)CO1.CCC. The summed E-state index contributed by atoms with van der Waals surface area (Å²) in [4.78, 5) is 4.39. The first kappa shape index (κ1) is 27.3. The van der Waals surface area contributed by atoms with Gasteiger partial charge in [0, 0.05) is 45.3 Å². The van der Waals surface area contributed by atoms with Crippen molar-refractivity contribution in [1.82, 2.24) is 15.1 Å². The molecule has 0 aliphatic carbocycles. The van der Waals surface area contributed by atoms with Gasteiger partial charge in [-0.3, -0.25) is 4.90 Å². The maximum Gasteiger partial charge on any atom is 0.109 e. The lowest BCUT2D eigenvalue weighted by Crippen LogP contribution is -2.33. The maximum absolute atomic E-state index is 5.89. The van der Waals surface area contributed by atoms with E-state index < -0.39 is 0 Å². The van der Waals surface area contributed by atoms with Gasteiger partial charge in [0.05, 0.1) is 5.76 Å². The van der Waals surface area contributed by atoms with Crippen molar-refractivity contribution in [3.8, 4) is 0 Å². The molecule has 0 bridgehead atoms. The second-order valence-electron chi connectivity index (χ2n) is 8.10. The van der Waals surface area contributed by atoms with Crippen LogP contribution in [0.15, 0.2) is 48.0 Å². The highest BCUT2D eigenvalue weighted by atomic mass is 16.5. The summed E-state index contributed by atoms with van der Waals surface area (Å²) >= 11 is 0. The van der Waals surface area contributed by atoms with Crippen molar-refractivity contribution in [2.24, 2.45) is 0 Å². The van der Waals surface area contributed by atoms with Gasteiger partial charge >= 0.3 is 0 Å². The lowest BCUT2D eigenvalue weighted by atomic mass is 10.1. The van der Waals surface area contributed by atoms with E-state index >= 15 is 0 Å². The van der Waals surface area contributed by atoms with E-state index in [1.54, 1.807) is 0 Å². The Labute approximate surface area is 181 Å². The van der Waals surface area contributed by atoms with Gasteiger partial charge < -0.3 is 15.0 Å². The molecular weight excluding hydrogens is 358 g/mol. The summed E-state index contributed by atoms with van der Waals surface area (Å²) in [5.74, 6) is 1.13. The van der Waals surface area contributed by atoms with Gasteiger partial charge in [-0.2, -0.15) is 0 Å². The number of hydrogen-bond acceptors (Lipinski definition) is 4. The molecular formula is C25H47N3O. The first-order chi connectivity index (χ1) is 13.8. The molecule has 0 aromatic carbocycles. The molecule has 1 heterocycles. The van der Waals surface area contributed by atoms with E-state index in [0.29, 0.717) is 6.04 Å². The molecule has 1 fully saturated rings. The molecule has 1 N–H and O–H groups in total. The molecule has 0 radical (unpaired) electrons. The third kappa shape index (κ3) is 14.9. The number of nitrogens with zero attached hydrogens (tertiary/aromatic N) is 2. The third-order valence-electron chi connectivity index (χ3n) is 4.76. The second-order valence-corrected chi connectivity index (χ2v) is 8.10. The molecule has 0 saturated carbocycles. The Morgan fingerprint density at radius 3 is 2.41 bits per heavy atom. The Morgan fingerprint density at radius 1 is 1.17 bits per heavy atom. The topological polar surface area (TPSA) is 27.7 Å². The van der Waals surface area contributed by atoms with Crippen LogP contribution >= 0.6 is 0 Å². The molecule has 1 saturated heterocycles. The predicted molar refractivity (Wildman–Crippen MR) is 129 cm³/mol. The Kier molecular flexibility index (Phi) is 16.2. The van der Waals surface area contributed by atoms with Crippen LogP contribution in [0.25, 0.3) is 0 Å². The second kappa shape index (κ2) is 17.2. The number of ether oxygens (including phenoxy) is 1. The van der Waals surface area contributed by atoms with Crippen LogP contribution in [0.4, 0.5) is 0 Å². The van der Waals surface area contributed by atoms with Crippen molar-refractivity contribution >= 4 is 0 Å². The highest BCUT2D eigenvalue weighted by molar-refractivity contribution is 5.12. The Balaban J connectivity index is 0.00000245. The van der Waals surface area contributed by atoms with Gasteiger partial charge in [-0.15, -0.1) is 0 Å². The van der Waals surface area contributed by atoms with Crippen molar-refractivity contribution in [3.63, 3.8) is 0 Å². The van der Waals surface area contributed by atoms with Crippen LogP contribution in [0, 0.1) is 0 Å². The van der Waals surface area contributed by atoms with E-state index in [1.807, 2.05) is 14.1 Å². The first-order valence-electron chi connectivity index (χ1n) is 11.3. The van der Waals surface area contributed by atoms with E-state index in [2.05, 4.69) is 80.9 Å². The van der Waals surface area contributed by atoms with Crippen LogP contribution in [-0.4, -0.2) is 56.7 Å². The van der Waals surface area contributed by atoms with Crippen molar-refractivity contribution in [2.45, 2.75) is 72.3 Å². The Bertz CT molecular complexity index is 508. The van der Waals surface area contributed by atoms with Gasteiger partial charge in [0.25, 0.3) is 0 Å². The molecule has 0 amide bonds. The highest BCUT2D eigenvalue weighted by Gasteiger charge is 2.10. The number of likely N-dealkylation sites (N-methyl/N-ethyl adjacent to an activating group) is 1. The van der Waals surface area contributed by atoms with Crippen LogP contribution in [0.3, 0.4) is 0 Å². The molecule has 4 heteroatoms. The fourth-order valence-electron chi connectivity index (χ4n) is 2.75. The van der Waals surface area contributed by atoms with Gasteiger partial charge in [-0.1, -0.05) is 45.9 Å². The molecule has 168 valence electrons. The van der Waals surface area contributed by atoms with Gasteiger partial charge in [0.1, 0.15) is 6.61 Å². The quantitative estimate of drug-likeness (QED) is 0.352. The van der Waals surface area contributed by atoms with Crippen molar-refractivity contribution in [1.29, 1.82) is 0 Å². The zero-order valence-corrected chi connectivity index (χ0v) is 20.3. The van der Waals surface area contributed by atoms with Gasteiger partial charge in [-0.05, 0) is 57.5 Å². The van der Waals surface area contributed by atoms with Gasteiger partial charge in [0.2, 0.25) is 0 Å². The van der Waals surface area contributed by atoms with Crippen molar-refractivity contribution in [2.75, 3.05) is 40.8 Å². The molecule has 0 unspecified atom stereocenters. The van der Waals surface area contributed by atoms with Crippen LogP contribution in [-0.2, 0) is 4.74 Å². The maximum atomic E-state index is 5.89. The molecule has 0 aromatic rings. The fourth-order valence-corrected chi connectivity index (χ4v) is 2.75. The summed E-state index contributed by atoms with van der Waals surface area (Å²) in [6, 6.07) is 0.590. The van der Waals surface area contributed by atoms with E-state index in [1.165, 1.54) is 12.0 Å². The highest BCUT2D eigenvalue weighted by Crippen LogP contribution is 2.21. The summed E-state index contributed by atoms with van der Waals surface area (Å²) < 4.78 is 5.89. The molecule has 0 aromatic heterocycles. The normalized spacial score (nSPS) is 17.8. The number of hydrogen-bond donors (Lipinski definition) is 1. The molecule has 29 heavy (non-hydrogen) atoms. The average Bonchev–Trinajstić information content (AvgIpc) is 2.69. The van der Waals surface area contributed by atoms with E-state index in [9.17, 15) is 0 Å².